The zero-order valence-corrected chi connectivity index (χ0v) is 14.8. The Balaban J connectivity index is -0.000000361. The molecule has 1 rings (SSSR count). The fourth-order valence-electron chi connectivity index (χ4n) is 1.21. The average Bonchev–Trinajstić information content (AvgIpc) is 2.28. The summed E-state index contributed by atoms with van der Waals surface area (Å²) in [6.45, 7) is 0. The van der Waals surface area contributed by atoms with E-state index in [0.29, 0.717) is 0 Å². The summed E-state index contributed by atoms with van der Waals surface area (Å²) in [5.41, 5.74) is 0.282. The van der Waals surface area contributed by atoms with Gasteiger partial charge < -0.3 is 18.4 Å². The van der Waals surface area contributed by atoms with Crippen LogP contribution in [0.25, 0.3) is 0 Å². The first-order valence-corrected chi connectivity index (χ1v) is 4.81. The van der Waals surface area contributed by atoms with Crippen molar-refractivity contribution in [3.8, 4) is 0 Å². The van der Waals surface area contributed by atoms with Crippen LogP contribution >= 0.6 is 0 Å². The summed E-state index contributed by atoms with van der Waals surface area (Å²) >= 11 is 0. The van der Waals surface area contributed by atoms with Gasteiger partial charge in [-0.3, -0.25) is 9.59 Å². The Hall–Kier alpha value is -0.370. The van der Waals surface area contributed by atoms with Gasteiger partial charge in [-0.15, -0.1) is 0 Å². The van der Waals surface area contributed by atoms with Gasteiger partial charge in [-0.25, -0.2) is 4.79 Å². The topological polar surface area (TPSA) is 104 Å². The second-order valence-corrected chi connectivity index (χ2v) is 3.33. The second kappa shape index (κ2) is 10.4. The van der Waals surface area contributed by atoms with Gasteiger partial charge in [0.15, 0.2) is 0 Å². The summed E-state index contributed by atoms with van der Waals surface area (Å²) in [5.74, 6) is -3.28. The number of hydrogen-bond acceptors (Lipinski definition) is 3. The number of carboxylic acid groups (broad SMARTS) is 2. The average molecular weight is 285 g/mol. The van der Waals surface area contributed by atoms with E-state index in [1.807, 2.05) is 0 Å². The van der Waals surface area contributed by atoms with Crippen molar-refractivity contribution in [1.82, 2.24) is 5.32 Å². The molecule has 1 aromatic rings. The number of amides is 1. The Kier molecular flexibility index (Phi) is 11.5. The fraction of sp³-hybridized carbons (Fsp3) is 0.182. The van der Waals surface area contributed by atoms with Crippen LogP contribution in [0.3, 0.4) is 0 Å². The van der Waals surface area contributed by atoms with Crippen molar-refractivity contribution in [1.29, 1.82) is 0 Å². The number of benzene rings is 1. The second-order valence-electron chi connectivity index (χ2n) is 3.33. The van der Waals surface area contributed by atoms with Gasteiger partial charge in [0.2, 0.25) is 0 Å². The molecule has 0 saturated carbocycles. The zero-order valence-electron chi connectivity index (χ0n) is 12.8. The normalized spacial score (nSPS) is 10.3. The van der Waals surface area contributed by atoms with Gasteiger partial charge in [0.05, 0.1) is 6.42 Å². The Labute approximate surface area is 157 Å². The molecular weight excluding hydrogens is 272 g/mol. The third-order valence-corrected chi connectivity index (χ3v) is 2.02. The van der Waals surface area contributed by atoms with Gasteiger partial charge in [0.25, 0.3) is 5.91 Å². The predicted octanol–water partition coefficient (Wildman–Crippen LogP) is -5.42. The molecule has 0 aliphatic heterocycles. The van der Waals surface area contributed by atoms with Crippen molar-refractivity contribution in [3.63, 3.8) is 0 Å². The molecule has 94 valence electrons. The first-order valence-electron chi connectivity index (χ1n) is 4.81. The SMILES string of the molecule is O=C(O)C[C@H](NC(=O)c1ccccc1)C(=O)O.[H-].[H-].[Na+].[Na+]. The molecule has 6 nitrogen and oxygen atoms in total. The maximum atomic E-state index is 11.6. The summed E-state index contributed by atoms with van der Waals surface area (Å²) < 4.78 is 0. The molecule has 0 radical (unpaired) electrons. The molecule has 0 bridgehead atoms. The molecule has 0 unspecified atom stereocenters. The van der Waals surface area contributed by atoms with E-state index in [4.69, 9.17) is 10.2 Å². The molecule has 8 heteroatoms. The molecule has 0 aliphatic rings. The number of nitrogens with one attached hydrogen (secondary N) is 1. The number of carboxylic acids is 2. The predicted molar refractivity (Wildman–Crippen MR) is 59.8 cm³/mol. The van der Waals surface area contributed by atoms with E-state index in [0.717, 1.165) is 0 Å². The van der Waals surface area contributed by atoms with E-state index < -0.39 is 30.3 Å². The Bertz CT molecular complexity index is 447. The van der Waals surface area contributed by atoms with E-state index in [1.54, 1.807) is 18.2 Å². The maximum absolute atomic E-state index is 11.6. The molecule has 1 aromatic carbocycles. The smallest absolute Gasteiger partial charge is 1.00 e. The van der Waals surface area contributed by atoms with Crippen LogP contribution in [-0.4, -0.2) is 34.1 Å². The first kappa shape index (κ1) is 20.9. The molecule has 0 fully saturated rings. The quantitative estimate of drug-likeness (QED) is 0.469. The van der Waals surface area contributed by atoms with E-state index in [1.165, 1.54) is 12.1 Å². The third kappa shape index (κ3) is 7.71. The molecule has 0 aliphatic carbocycles. The van der Waals surface area contributed by atoms with Crippen molar-refractivity contribution in [2.24, 2.45) is 0 Å². The summed E-state index contributed by atoms with van der Waals surface area (Å²) in [4.78, 5) is 32.7. The van der Waals surface area contributed by atoms with Gasteiger partial charge in [0.1, 0.15) is 6.04 Å². The summed E-state index contributed by atoms with van der Waals surface area (Å²) in [6.07, 6.45) is -0.659. The van der Waals surface area contributed by atoms with Crippen molar-refractivity contribution >= 4 is 17.8 Å². The van der Waals surface area contributed by atoms with Crippen molar-refractivity contribution < 1.29 is 86.6 Å². The van der Waals surface area contributed by atoms with Crippen molar-refractivity contribution in [2.75, 3.05) is 0 Å². The fourth-order valence-corrected chi connectivity index (χ4v) is 1.21. The monoisotopic (exact) mass is 285 g/mol. The van der Waals surface area contributed by atoms with Crippen LogP contribution in [0, 0.1) is 0 Å². The molecular formula is C11H13NNa2O5. The van der Waals surface area contributed by atoms with Crippen LogP contribution < -0.4 is 64.4 Å². The van der Waals surface area contributed by atoms with E-state index in [-0.39, 0.29) is 67.5 Å². The van der Waals surface area contributed by atoms with Crippen LogP contribution in [-0.2, 0) is 9.59 Å². The van der Waals surface area contributed by atoms with Gasteiger partial charge in [-0.1, -0.05) is 18.2 Å². The summed E-state index contributed by atoms with van der Waals surface area (Å²) in [5, 5.41) is 19.4. The van der Waals surface area contributed by atoms with Gasteiger partial charge in [0, 0.05) is 5.56 Å². The van der Waals surface area contributed by atoms with Crippen LogP contribution in [0.2, 0.25) is 0 Å². The van der Waals surface area contributed by atoms with E-state index in [2.05, 4.69) is 5.32 Å². The van der Waals surface area contributed by atoms with E-state index in [9.17, 15) is 14.4 Å². The molecule has 0 heterocycles. The summed E-state index contributed by atoms with van der Waals surface area (Å²) in [7, 11) is 0. The van der Waals surface area contributed by atoms with Crippen LogP contribution in [0.15, 0.2) is 30.3 Å². The molecule has 19 heavy (non-hydrogen) atoms. The molecule has 0 aromatic heterocycles. The number of carbonyl (C=O) groups is 3. The van der Waals surface area contributed by atoms with Gasteiger partial charge in [-0.05, 0) is 12.1 Å². The van der Waals surface area contributed by atoms with Crippen molar-refractivity contribution in [2.45, 2.75) is 12.5 Å². The first-order chi connectivity index (χ1) is 8.00. The molecule has 1 atom stereocenters. The molecule has 1 amide bonds. The number of rotatable bonds is 5. The maximum Gasteiger partial charge on any atom is 1.00 e. The number of aliphatic carboxylic acids is 2. The standard InChI is InChI=1S/C11H11NO5.2Na.2H/c13-9(14)6-8(11(16)17)12-10(15)7-4-2-1-3-5-7;;;;/h1-5,8H,6H2,(H,12,15)(H,13,14)(H,16,17);;;;/q;2*+1;2*-1/t8-;;;;/m0..../s1. The van der Waals surface area contributed by atoms with Crippen LogP contribution in [0.1, 0.15) is 19.6 Å². The minimum absolute atomic E-state index is 0. The number of hydrogen-bond donors (Lipinski definition) is 3. The molecule has 3 N–H and O–H groups in total. The minimum Gasteiger partial charge on any atom is -1.00 e. The van der Waals surface area contributed by atoms with Gasteiger partial charge in [-0.2, -0.15) is 0 Å². The van der Waals surface area contributed by atoms with Crippen LogP contribution in [0.5, 0.6) is 0 Å². The minimum atomic E-state index is -1.43. The third-order valence-electron chi connectivity index (χ3n) is 2.02. The summed E-state index contributed by atoms with van der Waals surface area (Å²) in [6, 6.07) is 6.55. The van der Waals surface area contributed by atoms with Crippen molar-refractivity contribution in [3.05, 3.63) is 35.9 Å². The zero-order chi connectivity index (χ0) is 12.8. The Morgan fingerprint density at radius 3 is 2.05 bits per heavy atom. The molecule has 0 saturated heterocycles. The Morgan fingerprint density at radius 1 is 1.11 bits per heavy atom. The largest absolute Gasteiger partial charge is 1.00 e. The Morgan fingerprint density at radius 2 is 1.63 bits per heavy atom. The van der Waals surface area contributed by atoms with Gasteiger partial charge >= 0.3 is 71.1 Å². The molecule has 0 spiro atoms. The van der Waals surface area contributed by atoms with E-state index >= 15 is 0 Å². The number of carbonyl (C=O) groups excluding carboxylic acids is 1. The van der Waals surface area contributed by atoms with Crippen LogP contribution in [0.4, 0.5) is 0 Å².